The number of hydrogen-bond acceptors (Lipinski definition) is 3. The van der Waals surface area contributed by atoms with Gasteiger partial charge in [-0.15, -0.1) is 34.9 Å². The number of allylic oxidation sites excluding steroid dienone is 2. The minimum Gasteiger partial charge on any atom is -0.512 e. The van der Waals surface area contributed by atoms with Crippen molar-refractivity contribution in [3.63, 3.8) is 0 Å². The fourth-order valence-electron chi connectivity index (χ4n) is 7.27. The summed E-state index contributed by atoms with van der Waals surface area (Å²) < 4.78 is 14.4. The Kier molecular flexibility index (Phi) is 14.4. The molecule has 1 aliphatic rings. The summed E-state index contributed by atoms with van der Waals surface area (Å²) in [5.41, 5.74) is 4.90. The Morgan fingerprint density at radius 1 is 0.939 bits per heavy atom. The van der Waals surface area contributed by atoms with E-state index in [1.54, 1.807) is 12.1 Å². The molecule has 1 atom stereocenters. The number of carbonyl (C=O) groups is 1. The normalized spacial score (nSPS) is 15.0. The molecule has 3 aromatic carbocycles. The average Bonchev–Trinajstić information content (AvgIpc) is 3.09. The number of ketones is 1. The van der Waals surface area contributed by atoms with E-state index in [1.165, 1.54) is 54.7 Å². The molecule has 0 bridgehead atoms. The number of pyridine rings is 1. The van der Waals surface area contributed by atoms with Crippen LogP contribution in [0.3, 0.4) is 0 Å². The van der Waals surface area contributed by atoms with E-state index in [9.17, 15) is 14.3 Å². The number of carbonyl (C=O) groups excluding carboxylic acids is 1. The Labute approximate surface area is 308 Å². The van der Waals surface area contributed by atoms with E-state index in [0.29, 0.717) is 11.8 Å². The zero-order valence-electron chi connectivity index (χ0n) is 31.2. The fourth-order valence-corrected chi connectivity index (χ4v) is 7.27. The molecule has 1 unspecified atom stereocenters. The molecule has 0 amide bonds. The summed E-state index contributed by atoms with van der Waals surface area (Å²) in [5.74, 6) is 1.20. The standard InChI is InChI=1S/C29H29FN.C15H28O2.Ir/c1-18-13-19(2)15-23(14-18)29-28-22(11-12-31-29)16-26(20(3)21-7-5-4-6-8-21)27-17-24(30)9-10-25(27)28;1-7-14(5,8-2)12(16)11-13(17)15(6,9-3)10-4;/h9-14,16-17,20-21H,4-8H2,1-3H3;11,16H,7-10H2,1-6H3;/q-1;;/b;12-11-;. The van der Waals surface area contributed by atoms with Crippen LogP contribution >= 0.6 is 0 Å². The Bertz CT molecular complexity index is 1740. The molecule has 4 aromatic rings. The number of aliphatic hydroxyl groups is 1. The van der Waals surface area contributed by atoms with Crippen molar-refractivity contribution in [2.24, 2.45) is 16.7 Å². The maximum atomic E-state index is 14.4. The molecule has 5 rings (SSSR count). The molecule has 1 saturated carbocycles. The van der Waals surface area contributed by atoms with Gasteiger partial charge in [0.2, 0.25) is 0 Å². The molecule has 5 heteroatoms. The van der Waals surface area contributed by atoms with Gasteiger partial charge in [-0.2, -0.15) is 0 Å². The van der Waals surface area contributed by atoms with Crippen molar-refractivity contribution >= 4 is 27.3 Å². The second kappa shape index (κ2) is 17.4. The SMILES string of the molecule is CCC(C)(CC)C(=O)/C=C(\O)C(C)(CC)CC.Cc1[c-]c(-c2nccc3cc(C(C)C4CCCCC4)c4cc(F)ccc4c23)cc(C)c1.[Ir]. The molecule has 267 valence electrons. The number of hydrogen-bond donors (Lipinski definition) is 1. The maximum Gasteiger partial charge on any atom is 0.164 e. The molecule has 1 aliphatic carbocycles. The van der Waals surface area contributed by atoms with Crippen LogP contribution in [-0.2, 0) is 24.9 Å². The van der Waals surface area contributed by atoms with Crippen LogP contribution in [0.25, 0.3) is 32.8 Å². The predicted octanol–water partition coefficient (Wildman–Crippen LogP) is 12.9. The van der Waals surface area contributed by atoms with Crippen LogP contribution in [0.15, 0.2) is 60.5 Å². The van der Waals surface area contributed by atoms with Gasteiger partial charge in [-0.25, -0.2) is 4.39 Å². The van der Waals surface area contributed by atoms with Gasteiger partial charge >= 0.3 is 0 Å². The first-order chi connectivity index (χ1) is 22.8. The minimum atomic E-state index is -0.337. The van der Waals surface area contributed by atoms with E-state index < -0.39 is 0 Å². The first-order valence-corrected chi connectivity index (χ1v) is 18.3. The topological polar surface area (TPSA) is 50.2 Å². The Morgan fingerprint density at radius 3 is 2.16 bits per heavy atom. The van der Waals surface area contributed by atoms with Crippen LogP contribution < -0.4 is 0 Å². The third kappa shape index (κ3) is 9.08. The van der Waals surface area contributed by atoms with Gasteiger partial charge in [-0.05, 0) is 101 Å². The molecule has 1 radical (unpaired) electrons. The van der Waals surface area contributed by atoms with Crippen LogP contribution in [0.1, 0.15) is 129 Å². The molecule has 3 nitrogen and oxygen atoms in total. The van der Waals surface area contributed by atoms with E-state index >= 15 is 0 Å². The number of fused-ring (bicyclic) bond motifs is 3. The van der Waals surface area contributed by atoms with E-state index in [-0.39, 0.29) is 48.3 Å². The summed E-state index contributed by atoms with van der Waals surface area (Å²) >= 11 is 0. The van der Waals surface area contributed by atoms with Crippen molar-refractivity contribution in [3.8, 4) is 11.3 Å². The summed E-state index contributed by atoms with van der Waals surface area (Å²) in [6, 6.07) is 17.4. The molecular weight excluding hydrogens is 786 g/mol. The molecule has 0 spiro atoms. The van der Waals surface area contributed by atoms with Crippen LogP contribution in [0, 0.1) is 42.5 Å². The summed E-state index contributed by atoms with van der Waals surface area (Å²) in [7, 11) is 0. The Morgan fingerprint density at radius 2 is 1.57 bits per heavy atom. The van der Waals surface area contributed by atoms with E-state index in [4.69, 9.17) is 4.98 Å². The summed E-state index contributed by atoms with van der Waals surface area (Å²) in [6.45, 7) is 18.6. The van der Waals surface area contributed by atoms with Gasteiger partial charge in [0.05, 0.1) is 0 Å². The molecule has 1 fully saturated rings. The molecule has 1 N–H and O–H groups in total. The molecule has 1 heterocycles. The minimum absolute atomic E-state index is 0. The van der Waals surface area contributed by atoms with Crippen molar-refractivity contribution in [2.45, 2.75) is 126 Å². The second-order valence-electron chi connectivity index (χ2n) is 14.8. The van der Waals surface area contributed by atoms with Gasteiger partial charge in [0, 0.05) is 43.2 Å². The third-order valence-electron chi connectivity index (χ3n) is 11.7. The maximum absolute atomic E-state index is 14.4. The van der Waals surface area contributed by atoms with Crippen LogP contribution in [0.2, 0.25) is 0 Å². The summed E-state index contributed by atoms with van der Waals surface area (Å²) in [4.78, 5) is 17.0. The van der Waals surface area contributed by atoms with Crippen molar-refractivity contribution in [1.82, 2.24) is 4.98 Å². The number of rotatable bonds is 10. The molecule has 49 heavy (non-hydrogen) atoms. The molecular formula is C44H57FIrNO2-. The number of benzene rings is 3. The van der Waals surface area contributed by atoms with E-state index in [1.807, 2.05) is 53.8 Å². The number of aliphatic hydroxyl groups excluding tert-OH is 1. The monoisotopic (exact) mass is 843 g/mol. The average molecular weight is 843 g/mol. The van der Waals surface area contributed by atoms with Gasteiger partial charge in [-0.3, -0.25) is 4.79 Å². The van der Waals surface area contributed by atoms with Gasteiger partial charge in [0.1, 0.15) is 11.6 Å². The quantitative estimate of drug-likeness (QED) is 0.0749. The zero-order valence-corrected chi connectivity index (χ0v) is 33.6. The van der Waals surface area contributed by atoms with Crippen LogP contribution in [0.4, 0.5) is 4.39 Å². The summed E-state index contributed by atoms with van der Waals surface area (Å²) in [5, 5.41) is 14.5. The first kappa shape index (κ1) is 40.5. The molecule has 0 aliphatic heterocycles. The summed E-state index contributed by atoms with van der Waals surface area (Å²) in [6.07, 6.45) is 13.2. The van der Waals surface area contributed by atoms with E-state index in [0.717, 1.165) is 58.7 Å². The van der Waals surface area contributed by atoms with E-state index in [2.05, 4.69) is 51.1 Å². The van der Waals surface area contributed by atoms with Crippen molar-refractivity contribution < 1.29 is 34.4 Å². The van der Waals surface area contributed by atoms with Gasteiger partial charge in [-0.1, -0.05) is 93.7 Å². The zero-order chi connectivity index (χ0) is 35.2. The smallest absolute Gasteiger partial charge is 0.164 e. The number of aromatic nitrogens is 1. The Hall–Kier alpha value is -2.88. The largest absolute Gasteiger partial charge is 0.512 e. The number of nitrogens with zero attached hydrogens (tertiary/aromatic N) is 1. The van der Waals surface area contributed by atoms with Crippen LogP contribution in [0.5, 0.6) is 0 Å². The Balaban J connectivity index is 0.000000312. The third-order valence-corrected chi connectivity index (χ3v) is 11.7. The fraction of sp³-hybridized carbons (Fsp3) is 0.500. The number of halogens is 1. The van der Waals surface area contributed by atoms with Gasteiger partial charge in [0.25, 0.3) is 0 Å². The van der Waals surface area contributed by atoms with Gasteiger partial charge in [0.15, 0.2) is 5.78 Å². The molecule has 0 saturated heterocycles. The number of aryl methyl sites for hydroxylation is 2. The predicted molar refractivity (Wildman–Crippen MR) is 201 cm³/mol. The first-order valence-electron chi connectivity index (χ1n) is 18.3. The molecule has 1 aromatic heterocycles. The van der Waals surface area contributed by atoms with Crippen molar-refractivity contribution in [3.05, 3.63) is 89.1 Å². The van der Waals surface area contributed by atoms with Gasteiger partial charge < -0.3 is 10.1 Å². The van der Waals surface area contributed by atoms with Crippen molar-refractivity contribution in [2.75, 3.05) is 0 Å². The van der Waals surface area contributed by atoms with Crippen molar-refractivity contribution in [1.29, 1.82) is 0 Å². The van der Waals surface area contributed by atoms with Crippen LogP contribution in [-0.4, -0.2) is 15.9 Å². The second-order valence-corrected chi connectivity index (χ2v) is 14.8.